The van der Waals surface area contributed by atoms with Crippen molar-refractivity contribution in [3.05, 3.63) is 87.2 Å². The van der Waals surface area contributed by atoms with E-state index in [9.17, 15) is 28.1 Å². The number of hydrogen-bond acceptors (Lipinski definition) is 9. The number of nitro groups is 1. The molecule has 0 saturated carbocycles. The maximum absolute atomic E-state index is 13.0. The molecule has 1 heterocycles. The molecule has 1 N–H and O–H groups in total. The number of hydrogen-bond donors (Lipinski definition) is 1. The van der Waals surface area contributed by atoms with Gasteiger partial charge in [0.25, 0.3) is 21.6 Å². The second kappa shape index (κ2) is 10.8. The standard InChI is InChI=1S/C24H20N4O8S2/c1-35-18-7-9-19(10-8-18)38(33,34)26-16-5-3-4-15(12-16)23(30)25-24-27(14-22(29)36-2)20-11-6-17(28(31)32)13-21(20)37-24/h3-13,26H,14H2,1-2H3. The van der Waals surface area contributed by atoms with Crippen LogP contribution in [0, 0.1) is 10.1 Å². The maximum atomic E-state index is 13.0. The second-order valence-electron chi connectivity index (χ2n) is 7.73. The SMILES string of the molecule is COC(=O)Cn1c(=NC(=O)c2cccc(NS(=O)(=O)c3ccc(OC)cc3)c2)sc2cc([N+](=O)[O-])ccc21. The summed E-state index contributed by atoms with van der Waals surface area (Å²) in [5.41, 5.74) is 0.515. The quantitative estimate of drug-likeness (QED) is 0.197. The van der Waals surface area contributed by atoms with Crippen molar-refractivity contribution in [1.29, 1.82) is 0 Å². The number of carbonyl (C=O) groups excluding carboxylic acids is 2. The van der Waals surface area contributed by atoms with E-state index in [2.05, 4.69) is 9.71 Å². The van der Waals surface area contributed by atoms with Crippen LogP contribution in [-0.4, -0.2) is 44.0 Å². The Hall–Kier alpha value is -4.56. The number of amides is 1. The summed E-state index contributed by atoms with van der Waals surface area (Å²) in [5, 5.41) is 11.2. The number of thiazole rings is 1. The van der Waals surface area contributed by atoms with Crippen LogP contribution in [-0.2, 0) is 26.1 Å². The van der Waals surface area contributed by atoms with E-state index in [1.54, 1.807) is 0 Å². The number of aromatic nitrogens is 1. The minimum absolute atomic E-state index is 0.00272. The molecule has 14 heteroatoms. The Balaban J connectivity index is 1.69. The molecule has 1 aromatic heterocycles. The molecule has 0 saturated heterocycles. The molecule has 0 spiro atoms. The lowest BCUT2D eigenvalue weighted by atomic mass is 10.2. The van der Waals surface area contributed by atoms with Crippen LogP contribution in [0.2, 0.25) is 0 Å². The minimum atomic E-state index is -3.95. The van der Waals surface area contributed by atoms with Crippen LogP contribution < -0.4 is 14.3 Å². The van der Waals surface area contributed by atoms with Crippen molar-refractivity contribution in [3.8, 4) is 5.75 Å². The van der Waals surface area contributed by atoms with Crippen LogP contribution >= 0.6 is 11.3 Å². The van der Waals surface area contributed by atoms with E-state index in [1.165, 1.54) is 85.5 Å². The van der Waals surface area contributed by atoms with E-state index in [1.807, 2.05) is 0 Å². The predicted molar refractivity (Wildman–Crippen MR) is 139 cm³/mol. The summed E-state index contributed by atoms with van der Waals surface area (Å²) in [5.74, 6) is -0.819. The van der Waals surface area contributed by atoms with Crippen LogP contribution in [0.25, 0.3) is 10.2 Å². The van der Waals surface area contributed by atoms with Gasteiger partial charge in [-0.1, -0.05) is 17.4 Å². The topological polar surface area (TPSA) is 159 Å². The molecule has 0 bridgehead atoms. The number of fused-ring (bicyclic) bond motifs is 1. The maximum Gasteiger partial charge on any atom is 0.325 e. The first-order valence-corrected chi connectivity index (χ1v) is 13.1. The van der Waals surface area contributed by atoms with Gasteiger partial charge in [-0.25, -0.2) is 8.42 Å². The van der Waals surface area contributed by atoms with E-state index in [0.717, 1.165) is 11.3 Å². The number of anilines is 1. The highest BCUT2D eigenvalue weighted by atomic mass is 32.2. The van der Waals surface area contributed by atoms with Gasteiger partial charge in [0.2, 0.25) is 0 Å². The van der Waals surface area contributed by atoms with Gasteiger partial charge in [0.05, 0.1) is 34.3 Å². The Morgan fingerprint density at radius 1 is 1.08 bits per heavy atom. The zero-order valence-corrected chi connectivity index (χ0v) is 21.6. The third-order valence-electron chi connectivity index (χ3n) is 5.32. The number of esters is 1. The Kier molecular flexibility index (Phi) is 7.55. The van der Waals surface area contributed by atoms with Crippen LogP contribution in [0.4, 0.5) is 11.4 Å². The van der Waals surface area contributed by atoms with Gasteiger partial charge < -0.3 is 14.0 Å². The Morgan fingerprint density at radius 3 is 2.47 bits per heavy atom. The number of benzene rings is 3. The summed E-state index contributed by atoms with van der Waals surface area (Å²) in [6.07, 6.45) is 0. The number of methoxy groups -OCH3 is 2. The summed E-state index contributed by atoms with van der Waals surface area (Å²) < 4.78 is 39.6. The van der Waals surface area contributed by atoms with Crippen LogP contribution in [0.5, 0.6) is 5.75 Å². The van der Waals surface area contributed by atoms with E-state index in [-0.39, 0.29) is 33.2 Å². The highest BCUT2D eigenvalue weighted by molar-refractivity contribution is 7.92. The van der Waals surface area contributed by atoms with Crippen LogP contribution in [0.3, 0.4) is 0 Å². The average Bonchev–Trinajstić information content (AvgIpc) is 3.24. The van der Waals surface area contributed by atoms with Crippen molar-refractivity contribution in [3.63, 3.8) is 0 Å². The fourth-order valence-corrected chi connectivity index (χ4v) is 5.55. The van der Waals surface area contributed by atoms with Crippen molar-refractivity contribution in [2.24, 2.45) is 4.99 Å². The van der Waals surface area contributed by atoms with Gasteiger partial charge in [0.15, 0.2) is 4.80 Å². The molecule has 196 valence electrons. The van der Waals surface area contributed by atoms with Gasteiger partial charge in [-0.15, -0.1) is 0 Å². The molecular formula is C24H20N4O8S2. The van der Waals surface area contributed by atoms with Crippen molar-refractivity contribution in [2.45, 2.75) is 11.4 Å². The Bertz CT molecular complexity index is 1720. The number of nitrogens with zero attached hydrogens (tertiary/aromatic N) is 3. The molecule has 3 aromatic carbocycles. The first-order valence-electron chi connectivity index (χ1n) is 10.8. The fraction of sp³-hybridized carbons (Fsp3) is 0.125. The number of sulfonamides is 1. The van der Waals surface area contributed by atoms with Crippen molar-refractivity contribution >= 4 is 54.8 Å². The molecule has 12 nitrogen and oxygen atoms in total. The summed E-state index contributed by atoms with van der Waals surface area (Å²) in [6.45, 7) is -0.276. The summed E-state index contributed by atoms with van der Waals surface area (Å²) in [7, 11) is -1.27. The molecule has 1 amide bonds. The Labute approximate surface area is 220 Å². The van der Waals surface area contributed by atoms with Crippen molar-refractivity contribution in [2.75, 3.05) is 18.9 Å². The lowest BCUT2D eigenvalue weighted by Crippen LogP contribution is -2.22. The van der Waals surface area contributed by atoms with Crippen LogP contribution in [0.1, 0.15) is 10.4 Å². The zero-order valence-electron chi connectivity index (χ0n) is 20.0. The van der Waals surface area contributed by atoms with Gasteiger partial charge in [0.1, 0.15) is 12.3 Å². The highest BCUT2D eigenvalue weighted by Gasteiger charge is 2.17. The summed E-state index contributed by atoms with van der Waals surface area (Å²) >= 11 is 0.987. The average molecular weight is 557 g/mol. The van der Waals surface area contributed by atoms with Gasteiger partial charge in [0, 0.05) is 23.4 Å². The smallest absolute Gasteiger partial charge is 0.325 e. The molecule has 4 rings (SSSR count). The van der Waals surface area contributed by atoms with Crippen LogP contribution in [0.15, 0.2) is 76.6 Å². The second-order valence-corrected chi connectivity index (χ2v) is 10.4. The molecule has 0 aliphatic heterocycles. The van der Waals surface area contributed by atoms with Crippen molar-refractivity contribution < 1.29 is 32.4 Å². The van der Waals surface area contributed by atoms with Gasteiger partial charge in [-0.2, -0.15) is 4.99 Å². The molecular weight excluding hydrogens is 536 g/mol. The molecule has 0 aliphatic carbocycles. The number of carbonyl (C=O) groups is 2. The van der Waals surface area contributed by atoms with E-state index >= 15 is 0 Å². The monoisotopic (exact) mass is 556 g/mol. The van der Waals surface area contributed by atoms with Gasteiger partial charge >= 0.3 is 5.97 Å². The zero-order chi connectivity index (χ0) is 27.4. The normalized spacial score (nSPS) is 11.8. The fourth-order valence-electron chi connectivity index (χ4n) is 3.44. The first kappa shape index (κ1) is 26.5. The minimum Gasteiger partial charge on any atom is -0.497 e. The van der Waals surface area contributed by atoms with E-state index in [0.29, 0.717) is 16.0 Å². The molecule has 0 atom stereocenters. The number of rotatable bonds is 8. The third kappa shape index (κ3) is 5.71. The third-order valence-corrected chi connectivity index (χ3v) is 7.76. The molecule has 38 heavy (non-hydrogen) atoms. The molecule has 4 aromatic rings. The van der Waals surface area contributed by atoms with E-state index < -0.39 is 26.8 Å². The largest absolute Gasteiger partial charge is 0.497 e. The summed E-state index contributed by atoms with van der Waals surface area (Å²) in [6, 6.07) is 15.6. The summed E-state index contributed by atoms with van der Waals surface area (Å²) in [4.78, 5) is 39.9. The molecule has 0 radical (unpaired) electrons. The first-order chi connectivity index (χ1) is 18.1. The Morgan fingerprint density at radius 2 is 1.82 bits per heavy atom. The highest BCUT2D eigenvalue weighted by Crippen LogP contribution is 2.24. The number of nitro benzene ring substituents is 1. The van der Waals surface area contributed by atoms with Crippen molar-refractivity contribution in [1.82, 2.24) is 4.57 Å². The van der Waals surface area contributed by atoms with Gasteiger partial charge in [-0.05, 0) is 48.5 Å². The molecule has 0 fully saturated rings. The molecule has 0 aliphatic rings. The van der Waals surface area contributed by atoms with E-state index in [4.69, 9.17) is 9.47 Å². The lowest BCUT2D eigenvalue weighted by molar-refractivity contribution is -0.384. The number of non-ortho nitro benzene ring substituents is 1. The predicted octanol–water partition coefficient (Wildman–Crippen LogP) is 3.33. The molecule has 0 unspecified atom stereocenters. The number of ether oxygens (including phenoxy) is 2. The number of nitrogens with one attached hydrogen (secondary N) is 1. The van der Waals surface area contributed by atoms with Gasteiger partial charge in [-0.3, -0.25) is 24.4 Å². The lowest BCUT2D eigenvalue weighted by Gasteiger charge is -2.09.